The van der Waals surface area contributed by atoms with Gasteiger partial charge in [-0.05, 0) is 36.8 Å². The number of hydrogen-bond acceptors (Lipinski definition) is 5. The number of nitrogens with zero attached hydrogens (tertiary/aromatic N) is 2. The van der Waals surface area contributed by atoms with Crippen molar-refractivity contribution < 1.29 is 43.7 Å². The van der Waals surface area contributed by atoms with Gasteiger partial charge in [-0.25, -0.2) is 0 Å². The zero-order valence-electron chi connectivity index (χ0n) is 16.6. The van der Waals surface area contributed by atoms with E-state index in [9.17, 15) is 39.6 Å². The molecule has 0 fully saturated rings. The number of aromatic nitrogens is 1. The second-order valence-corrected chi connectivity index (χ2v) is 9.27. The van der Waals surface area contributed by atoms with Crippen LogP contribution in [0.4, 0.5) is 26.3 Å². The maximum atomic E-state index is 13.0. The van der Waals surface area contributed by atoms with E-state index in [-0.39, 0.29) is 15.1 Å². The third kappa shape index (κ3) is 5.62. The third-order valence-electron chi connectivity index (χ3n) is 4.37. The highest BCUT2D eigenvalue weighted by atomic mass is 32.2. The SMILES string of the molecule is Cc1ccccc1S(=O)(=O)OCCn1c(=NC(=O)C(F)(F)F)sc2cc(C(F)(F)F)ccc21. The molecule has 1 heterocycles. The van der Waals surface area contributed by atoms with Crippen LogP contribution in [-0.2, 0) is 31.8 Å². The predicted octanol–water partition coefficient (Wildman–Crippen LogP) is 4.43. The van der Waals surface area contributed by atoms with Crippen molar-refractivity contribution in [3.05, 3.63) is 58.4 Å². The molecule has 6 nitrogen and oxygen atoms in total. The Hall–Kier alpha value is -2.71. The van der Waals surface area contributed by atoms with Crippen LogP contribution in [0.25, 0.3) is 10.2 Å². The number of thiazole rings is 1. The quantitative estimate of drug-likeness (QED) is 0.375. The maximum Gasteiger partial charge on any atom is 0.473 e. The molecule has 0 N–H and O–H groups in total. The van der Waals surface area contributed by atoms with Gasteiger partial charge < -0.3 is 4.57 Å². The second kappa shape index (κ2) is 8.91. The van der Waals surface area contributed by atoms with Crippen LogP contribution < -0.4 is 4.80 Å². The standard InChI is InChI=1S/C19H14F6N2O4S2/c1-11-4-2-3-5-15(11)33(29,30)31-9-8-27-13-7-6-12(18(20,21)22)10-14(13)32-17(27)26-16(28)19(23,24)25/h2-7,10H,8-9H2,1H3. The maximum absolute atomic E-state index is 13.0. The number of hydrogen-bond donors (Lipinski definition) is 0. The summed E-state index contributed by atoms with van der Waals surface area (Å²) in [6.45, 7) is 0.562. The molecule has 2 aromatic carbocycles. The van der Waals surface area contributed by atoms with Crippen molar-refractivity contribution in [3.8, 4) is 0 Å². The molecule has 0 saturated heterocycles. The number of carbonyl (C=O) groups excluding carboxylic acids is 1. The fourth-order valence-electron chi connectivity index (χ4n) is 2.84. The monoisotopic (exact) mass is 512 g/mol. The molecular formula is C19H14F6N2O4S2. The van der Waals surface area contributed by atoms with Crippen molar-refractivity contribution in [2.45, 2.75) is 30.7 Å². The highest BCUT2D eigenvalue weighted by Gasteiger charge is 2.39. The van der Waals surface area contributed by atoms with E-state index in [2.05, 4.69) is 4.99 Å². The predicted molar refractivity (Wildman–Crippen MR) is 106 cm³/mol. The van der Waals surface area contributed by atoms with Gasteiger partial charge in [-0.2, -0.15) is 39.8 Å². The molecule has 14 heteroatoms. The first-order valence-corrected chi connectivity index (χ1v) is 11.2. The Morgan fingerprint density at radius 2 is 1.76 bits per heavy atom. The molecule has 178 valence electrons. The molecule has 0 aliphatic heterocycles. The minimum Gasteiger partial charge on any atom is -0.314 e. The molecule has 1 amide bonds. The van der Waals surface area contributed by atoms with Gasteiger partial charge >= 0.3 is 18.3 Å². The fourth-order valence-corrected chi connectivity index (χ4v) is 5.06. The van der Waals surface area contributed by atoms with Crippen LogP contribution in [0.3, 0.4) is 0 Å². The number of fused-ring (bicyclic) bond motifs is 1. The van der Waals surface area contributed by atoms with Crippen molar-refractivity contribution in [3.63, 3.8) is 0 Å². The zero-order chi connectivity index (χ0) is 24.6. The van der Waals surface area contributed by atoms with E-state index in [1.54, 1.807) is 6.07 Å². The summed E-state index contributed by atoms with van der Waals surface area (Å²) >= 11 is 0.426. The molecule has 33 heavy (non-hydrogen) atoms. The molecule has 0 spiro atoms. The van der Waals surface area contributed by atoms with Crippen LogP contribution in [0, 0.1) is 6.92 Å². The summed E-state index contributed by atoms with van der Waals surface area (Å²) in [4.78, 5) is 13.7. The van der Waals surface area contributed by atoms with E-state index in [1.165, 1.54) is 25.1 Å². The van der Waals surface area contributed by atoms with E-state index in [0.717, 1.165) is 10.6 Å². The molecule has 3 rings (SSSR count). The van der Waals surface area contributed by atoms with E-state index in [0.29, 0.717) is 29.0 Å². The van der Waals surface area contributed by atoms with Crippen molar-refractivity contribution in [2.75, 3.05) is 6.61 Å². The molecule has 0 unspecified atom stereocenters. The lowest BCUT2D eigenvalue weighted by Gasteiger charge is -2.10. The van der Waals surface area contributed by atoms with Crippen LogP contribution >= 0.6 is 11.3 Å². The van der Waals surface area contributed by atoms with E-state index in [4.69, 9.17) is 4.18 Å². The smallest absolute Gasteiger partial charge is 0.314 e. The van der Waals surface area contributed by atoms with Gasteiger partial charge in [0.05, 0.1) is 33.8 Å². The zero-order valence-corrected chi connectivity index (χ0v) is 18.2. The van der Waals surface area contributed by atoms with Gasteiger partial charge in [-0.3, -0.25) is 8.98 Å². The minimum atomic E-state index is -5.30. The lowest BCUT2D eigenvalue weighted by Crippen LogP contribution is -2.26. The van der Waals surface area contributed by atoms with Crippen molar-refractivity contribution >= 4 is 37.6 Å². The number of carbonyl (C=O) groups is 1. The van der Waals surface area contributed by atoms with Gasteiger partial charge in [0.2, 0.25) is 0 Å². The Kier molecular flexibility index (Phi) is 6.73. The first kappa shape index (κ1) is 24.9. The molecule has 0 bridgehead atoms. The number of rotatable bonds is 5. The second-order valence-electron chi connectivity index (χ2n) is 6.67. The minimum absolute atomic E-state index is 0.0265. The van der Waals surface area contributed by atoms with Gasteiger partial charge in [-0.15, -0.1) is 0 Å². The Bertz CT molecular complexity index is 1370. The lowest BCUT2D eigenvalue weighted by molar-refractivity contribution is -0.169. The van der Waals surface area contributed by atoms with E-state index in [1.807, 2.05) is 0 Å². The lowest BCUT2D eigenvalue weighted by atomic mass is 10.2. The summed E-state index contributed by atoms with van der Waals surface area (Å²) < 4.78 is 108. The van der Waals surface area contributed by atoms with E-state index >= 15 is 0 Å². The fraction of sp³-hybridized carbons (Fsp3) is 0.263. The summed E-state index contributed by atoms with van der Waals surface area (Å²) in [5.41, 5.74) is -0.619. The Labute approximate surface area is 186 Å². The van der Waals surface area contributed by atoms with Gasteiger partial charge in [0, 0.05) is 0 Å². The number of benzene rings is 2. The van der Waals surface area contributed by atoms with Gasteiger partial charge in [0.1, 0.15) is 0 Å². The number of alkyl halides is 6. The molecule has 0 saturated carbocycles. The molecular weight excluding hydrogens is 498 g/mol. The number of halogens is 6. The Morgan fingerprint density at radius 1 is 1.09 bits per heavy atom. The van der Waals surface area contributed by atoms with Crippen LogP contribution in [0.15, 0.2) is 52.4 Å². The largest absolute Gasteiger partial charge is 0.473 e. The summed E-state index contributed by atoms with van der Waals surface area (Å²) in [6, 6.07) is 8.35. The summed E-state index contributed by atoms with van der Waals surface area (Å²) in [5, 5.41) is 0. The number of aryl methyl sites for hydroxylation is 1. The topological polar surface area (TPSA) is 77.7 Å². The van der Waals surface area contributed by atoms with Crippen LogP contribution in [0.2, 0.25) is 0 Å². The average molecular weight is 512 g/mol. The van der Waals surface area contributed by atoms with Crippen LogP contribution in [0.1, 0.15) is 11.1 Å². The van der Waals surface area contributed by atoms with Crippen LogP contribution in [0.5, 0.6) is 0 Å². The third-order valence-corrected chi connectivity index (χ3v) is 6.88. The van der Waals surface area contributed by atoms with Gasteiger partial charge in [0.15, 0.2) is 4.80 Å². The van der Waals surface area contributed by atoms with Crippen molar-refractivity contribution in [2.24, 2.45) is 4.99 Å². The summed E-state index contributed by atoms with van der Waals surface area (Å²) in [5.74, 6) is -2.45. The summed E-state index contributed by atoms with van der Waals surface area (Å²) in [7, 11) is -4.22. The normalized spacial score (nSPS) is 13.6. The Balaban J connectivity index is 1.99. The molecule has 3 aromatic rings. The molecule has 0 radical (unpaired) electrons. The Morgan fingerprint density at radius 3 is 2.36 bits per heavy atom. The highest BCUT2D eigenvalue weighted by Crippen LogP contribution is 2.32. The molecule has 0 aliphatic carbocycles. The molecule has 1 aromatic heterocycles. The first-order chi connectivity index (χ1) is 15.2. The highest BCUT2D eigenvalue weighted by molar-refractivity contribution is 7.86. The number of amides is 1. The van der Waals surface area contributed by atoms with Gasteiger partial charge in [0.25, 0.3) is 10.1 Å². The van der Waals surface area contributed by atoms with Gasteiger partial charge in [-0.1, -0.05) is 29.5 Å². The molecule has 0 atom stereocenters. The first-order valence-electron chi connectivity index (χ1n) is 9.02. The van der Waals surface area contributed by atoms with Crippen molar-refractivity contribution in [1.82, 2.24) is 4.57 Å². The molecule has 0 aliphatic rings. The van der Waals surface area contributed by atoms with Crippen molar-refractivity contribution in [1.29, 1.82) is 0 Å². The summed E-state index contributed by atoms with van der Waals surface area (Å²) in [6.07, 6.45) is -10.00. The van der Waals surface area contributed by atoms with E-state index < -0.39 is 51.9 Å². The average Bonchev–Trinajstić information content (AvgIpc) is 3.03. The van der Waals surface area contributed by atoms with Crippen LogP contribution in [-0.4, -0.2) is 31.7 Å².